The third kappa shape index (κ3) is 3.42. The van der Waals surface area contributed by atoms with Gasteiger partial charge in [0.15, 0.2) is 0 Å². The summed E-state index contributed by atoms with van der Waals surface area (Å²) in [6.07, 6.45) is 2.38. The van der Waals surface area contributed by atoms with Crippen LogP contribution in [0.1, 0.15) is 26.7 Å². The average Bonchev–Trinajstić information content (AvgIpc) is 2.86. The zero-order valence-corrected chi connectivity index (χ0v) is 14.5. The second-order valence-electron chi connectivity index (χ2n) is 6.39. The zero-order valence-electron chi connectivity index (χ0n) is 13.7. The summed E-state index contributed by atoms with van der Waals surface area (Å²) in [5.41, 5.74) is 0. The van der Waals surface area contributed by atoms with Crippen LogP contribution in [0.15, 0.2) is 47.4 Å². The molecule has 4 nitrogen and oxygen atoms in total. The van der Waals surface area contributed by atoms with E-state index in [1.807, 2.05) is 30.3 Å². The molecule has 5 heteroatoms. The first-order chi connectivity index (χ1) is 11.0. The molecule has 1 aliphatic rings. The van der Waals surface area contributed by atoms with Gasteiger partial charge in [0, 0.05) is 30.6 Å². The third-order valence-corrected chi connectivity index (χ3v) is 6.35. The Morgan fingerprint density at radius 2 is 1.70 bits per heavy atom. The summed E-state index contributed by atoms with van der Waals surface area (Å²) in [6, 6.07) is 14.0. The Morgan fingerprint density at radius 1 is 1.04 bits per heavy atom. The van der Waals surface area contributed by atoms with Crippen LogP contribution in [0.2, 0.25) is 0 Å². The maximum Gasteiger partial charge on any atom is 0.241 e. The van der Waals surface area contributed by atoms with Crippen LogP contribution in [-0.4, -0.2) is 38.5 Å². The van der Waals surface area contributed by atoms with Gasteiger partial charge in [0.25, 0.3) is 0 Å². The molecule has 2 aromatic rings. The molecular formula is C18H24N2O2S. The summed E-state index contributed by atoms with van der Waals surface area (Å²) in [7, 11) is -3.49. The first-order valence-corrected chi connectivity index (χ1v) is 9.70. The van der Waals surface area contributed by atoms with Crippen LogP contribution in [0.5, 0.6) is 0 Å². The minimum Gasteiger partial charge on any atom is -0.297 e. The van der Waals surface area contributed by atoms with E-state index in [1.54, 1.807) is 12.1 Å². The molecule has 0 amide bonds. The topological polar surface area (TPSA) is 49.4 Å². The molecule has 0 bridgehead atoms. The van der Waals surface area contributed by atoms with E-state index in [2.05, 4.69) is 23.5 Å². The second kappa shape index (κ2) is 6.59. The van der Waals surface area contributed by atoms with Crippen molar-refractivity contribution < 1.29 is 8.42 Å². The van der Waals surface area contributed by atoms with Crippen LogP contribution >= 0.6 is 0 Å². The first-order valence-electron chi connectivity index (χ1n) is 8.22. The first kappa shape index (κ1) is 16.4. The Bertz CT molecular complexity index is 773. The van der Waals surface area contributed by atoms with Crippen molar-refractivity contribution in [2.24, 2.45) is 0 Å². The molecule has 1 heterocycles. The quantitative estimate of drug-likeness (QED) is 0.916. The van der Waals surface area contributed by atoms with E-state index >= 15 is 0 Å². The van der Waals surface area contributed by atoms with Gasteiger partial charge in [-0.3, -0.25) is 4.90 Å². The van der Waals surface area contributed by atoms with Crippen molar-refractivity contribution in [2.75, 3.05) is 13.1 Å². The van der Waals surface area contributed by atoms with E-state index < -0.39 is 10.0 Å². The van der Waals surface area contributed by atoms with Crippen molar-refractivity contribution >= 4 is 20.8 Å². The van der Waals surface area contributed by atoms with Gasteiger partial charge in [0.05, 0.1) is 4.90 Å². The molecule has 2 atom stereocenters. The Morgan fingerprint density at radius 3 is 2.43 bits per heavy atom. The standard InChI is InChI=1S/C18H24N2O2S/c1-14-10-11-15(2)20(14)13-12-19-23(21,22)18-9-5-7-16-6-3-4-8-17(16)18/h3-9,14-15,19H,10-13H2,1-2H3/t14-,15+. The van der Waals surface area contributed by atoms with Gasteiger partial charge in [-0.05, 0) is 38.1 Å². The fraction of sp³-hybridized carbons (Fsp3) is 0.444. The lowest BCUT2D eigenvalue weighted by Gasteiger charge is -2.25. The molecule has 2 aromatic carbocycles. The van der Waals surface area contributed by atoms with Crippen molar-refractivity contribution in [3.05, 3.63) is 42.5 Å². The number of sulfonamides is 1. The predicted molar refractivity (Wildman–Crippen MR) is 94.0 cm³/mol. The van der Waals surface area contributed by atoms with Crippen LogP contribution in [0, 0.1) is 0 Å². The van der Waals surface area contributed by atoms with E-state index in [4.69, 9.17) is 0 Å². The van der Waals surface area contributed by atoms with Gasteiger partial charge in [0.2, 0.25) is 10.0 Å². The van der Waals surface area contributed by atoms with Gasteiger partial charge in [0.1, 0.15) is 0 Å². The van der Waals surface area contributed by atoms with Gasteiger partial charge in [-0.2, -0.15) is 0 Å². The highest BCUT2D eigenvalue weighted by molar-refractivity contribution is 7.89. The maximum absolute atomic E-state index is 12.7. The highest BCUT2D eigenvalue weighted by Crippen LogP contribution is 2.24. The molecule has 0 radical (unpaired) electrons. The summed E-state index contributed by atoms with van der Waals surface area (Å²) in [6.45, 7) is 5.62. The van der Waals surface area contributed by atoms with Crippen molar-refractivity contribution in [1.82, 2.24) is 9.62 Å². The molecule has 3 rings (SSSR count). The Balaban J connectivity index is 1.74. The second-order valence-corrected chi connectivity index (χ2v) is 8.12. The number of benzene rings is 2. The molecule has 1 aliphatic heterocycles. The van der Waals surface area contributed by atoms with Gasteiger partial charge < -0.3 is 0 Å². The van der Waals surface area contributed by atoms with Crippen LogP contribution in [-0.2, 0) is 10.0 Å². The zero-order chi connectivity index (χ0) is 16.4. The molecule has 1 saturated heterocycles. The minimum atomic E-state index is -3.49. The molecule has 0 aliphatic carbocycles. The summed E-state index contributed by atoms with van der Waals surface area (Å²) < 4.78 is 28.1. The SMILES string of the molecule is C[C@@H]1CC[C@H](C)N1CCNS(=O)(=O)c1cccc2ccccc12. The number of nitrogens with one attached hydrogen (secondary N) is 1. The van der Waals surface area contributed by atoms with E-state index in [-0.39, 0.29) is 0 Å². The average molecular weight is 332 g/mol. The summed E-state index contributed by atoms with van der Waals surface area (Å²) in [4.78, 5) is 2.74. The Labute approximate surface area is 138 Å². The number of likely N-dealkylation sites (tertiary alicyclic amines) is 1. The summed E-state index contributed by atoms with van der Waals surface area (Å²) >= 11 is 0. The number of rotatable bonds is 5. The smallest absolute Gasteiger partial charge is 0.241 e. The van der Waals surface area contributed by atoms with Crippen LogP contribution < -0.4 is 4.72 Å². The van der Waals surface area contributed by atoms with Crippen LogP contribution in [0.4, 0.5) is 0 Å². The van der Waals surface area contributed by atoms with Crippen LogP contribution in [0.25, 0.3) is 10.8 Å². The third-order valence-electron chi connectivity index (χ3n) is 4.84. The van der Waals surface area contributed by atoms with Crippen molar-refractivity contribution in [3.63, 3.8) is 0 Å². The number of nitrogens with zero attached hydrogens (tertiary/aromatic N) is 1. The fourth-order valence-corrected chi connectivity index (χ4v) is 4.75. The summed E-state index contributed by atoms with van der Waals surface area (Å²) in [5, 5.41) is 1.71. The van der Waals surface area contributed by atoms with Gasteiger partial charge in [-0.25, -0.2) is 13.1 Å². The molecular weight excluding hydrogens is 308 g/mol. The van der Waals surface area contributed by atoms with Crippen LogP contribution in [0.3, 0.4) is 0 Å². The monoisotopic (exact) mass is 332 g/mol. The lowest BCUT2D eigenvalue weighted by Crippen LogP contribution is -2.39. The number of hydrogen-bond donors (Lipinski definition) is 1. The van der Waals surface area contributed by atoms with E-state index in [9.17, 15) is 8.42 Å². The Kier molecular flexibility index (Phi) is 4.71. The lowest BCUT2D eigenvalue weighted by molar-refractivity contribution is 0.218. The van der Waals surface area contributed by atoms with Crippen molar-refractivity contribution in [1.29, 1.82) is 0 Å². The molecule has 0 spiro atoms. The van der Waals surface area contributed by atoms with E-state index in [0.29, 0.717) is 23.5 Å². The maximum atomic E-state index is 12.7. The number of hydrogen-bond acceptors (Lipinski definition) is 3. The van der Waals surface area contributed by atoms with Gasteiger partial charge in [-0.15, -0.1) is 0 Å². The normalized spacial score (nSPS) is 22.7. The highest BCUT2D eigenvalue weighted by Gasteiger charge is 2.27. The van der Waals surface area contributed by atoms with Crippen molar-refractivity contribution in [3.8, 4) is 0 Å². The molecule has 0 unspecified atom stereocenters. The Hall–Kier alpha value is -1.43. The van der Waals surface area contributed by atoms with E-state index in [1.165, 1.54) is 12.8 Å². The van der Waals surface area contributed by atoms with Gasteiger partial charge in [-0.1, -0.05) is 36.4 Å². The summed E-state index contributed by atoms with van der Waals surface area (Å²) in [5.74, 6) is 0. The molecule has 1 N–H and O–H groups in total. The highest BCUT2D eigenvalue weighted by atomic mass is 32.2. The minimum absolute atomic E-state index is 0.359. The predicted octanol–water partition coefficient (Wildman–Crippen LogP) is 2.99. The molecule has 0 saturated carbocycles. The largest absolute Gasteiger partial charge is 0.297 e. The molecule has 0 aromatic heterocycles. The molecule has 124 valence electrons. The molecule has 1 fully saturated rings. The fourth-order valence-electron chi connectivity index (χ4n) is 3.51. The number of fused-ring (bicyclic) bond motifs is 1. The van der Waals surface area contributed by atoms with Crippen molar-refractivity contribution in [2.45, 2.75) is 43.7 Å². The van der Waals surface area contributed by atoms with Gasteiger partial charge >= 0.3 is 0 Å². The lowest BCUT2D eigenvalue weighted by atomic mass is 10.1. The van der Waals surface area contributed by atoms with E-state index in [0.717, 1.165) is 17.3 Å². The molecule has 23 heavy (non-hydrogen) atoms.